The lowest BCUT2D eigenvalue weighted by atomic mass is 9.99. The molecule has 9 heteroatoms. The van der Waals surface area contributed by atoms with Crippen molar-refractivity contribution in [2.45, 2.75) is 30.8 Å². The van der Waals surface area contributed by atoms with Crippen molar-refractivity contribution in [3.05, 3.63) is 29.3 Å². The number of nitrogens with one attached hydrogen (secondary N) is 1. The summed E-state index contributed by atoms with van der Waals surface area (Å²) in [5, 5.41) is 2.36. The van der Waals surface area contributed by atoms with Crippen molar-refractivity contribution in [2.75, 3.05) is 20.6 Å². The molecule has 1 aromatic carbocycles. The predicted molar refractivity (Wildman–Crippen MR) is 88.6 cm³/mol. The number of rotatable bonds is 4. The number of primary amides is 1. The minimum absolute atomic E-state index is 0.250. The van der Waals surface area contributed by atoms with E-state index in [0.717, 1.165) is 11.1 Å². The quantitative estimate of drug-likeness (QED) is 0.785. The fourth-order valence-corrected chi connectivity index (χ4v) is 3.94. The molecule has 0 radical (unpaired) electrons. The van der Waals surface area contributed by atoms with Crippen LogP contribution in [0.4, 0.5) is 4.79 Å². The first-order valence-corrected chi connectivity index (χ1v) is 8.96. The Balaban J connectivity index is 2.27. The second kappa shape index (κ2) is 6.78. The average molecular weight is 354 g/mol. The summed E-state index contributed by atoms with van der Waals surface area (Å²) in [6.07, 6.45) is 0.438. The summed E-state index contributed by atoms with van der Waals surface area (Å²) in [6.45, 7) is 2.25. The smallest absolute Gasteiger partial charge is 0.312 e. The van der Waals surface area contributed by atoms with E-state index in [-0.39, 0.29) is 10.8 Å². The Hall–Kier alpha value is -2.13. The SMILES string of the molecule is C[C@H](NC(N)=O)C(=O)N1CCc2c(cccc2S(=O)(=O)N(C)C)C1. The zero-order valence-electron chi connectivity index (χ0n) is 13.9. The average Bonchev–Trinajstić information content (AvgIpc) is 2.52. The molecule has 1 aromatic rings. The fraction of sp³-hybridized carbons (Fsp3) is 0.467. The predicted octanol–water partition coefficient (Wildman–Crippen LogP) is -0.122. The van der Waals surface area contributed by atoms with Crippen molar-refractivity contribution in [3.8, 4) is 0 Å². The monoisotopic (exact) mass is 354 g/mol. The first-order chi connectivity index (χ1) is 11.1. The summed E-state index contributed by atoms with van der Waals surface area (Å²) in [4.78, 5) is 25.1. The van der Waals surface area contributed by atoms with E-state index in [2.05, 4.69) is 5.32 Å². The van der Waals surface area contributed by atoms with Gasteiger partial charge in [0, 0.05) is 27.2 Å². The van der Waals surface area contributed by atoms with E-state index in [0.29, 0.717) is 19.5 Å². The van der Waals surface area contributed by atoms with E-state index in [1.165, 1.54) is 18.4 Å². The Bertz CT molecular complexity index is 761. The van der Waals surface area contributed by atoms with Gasteiger partial charge in [0.05, 0.1) is 4.90 Å². The van der Waals surface area contributed by atoms with Gasteiger partial charge in [0.15, 0.2) is 0 Å². The van der Waals surface area contributed by atoms with E-state index in [4.69, 9.17) is 5.73 Å². The van der Waals surface area contributed by atoms with Gasteiger partial charge in [0.1, 0.15) is 6.04 Å². The third kappa shape index (κ3) is 3.51. The van der Waals surface area contributed by atoms with E-state index >= 15 is 0 Å². The molecule has 1 aliphatic heterocycles. The van der Waals surface area contributed by atoms with E-state index in [1.54, 1.807) is 24.0 Å². The molecule has 24 heavy (non-hydrogen) atoms. The maximum Gasteiger partial charge on any atom is 0.312 e. The summed E-state index contributed by atoms with van der Waals surface area (Å²) < 4.78 is 26.0. The summed E-state index contributed by atoms with van der Waals surface area (Å²) in [6, 6.07) is 3.60. The van der Waals surface area contributed by atoms with Gasteiger partial charge < -0.3 is 16.0 Å². The van der Waals surface area contributed by atoms with E-state index < -0.39 is 22.1 Å². The number of fused-ring (bicyclic) bond motifs is 1. The van der Waals surface area contributed by atoms with E-state index in [1.807, 2.05) is 6.07 Å². The molecular weight excluding hydrogens is 332 g/mol. The van der Waals surface area contributed by atoms with Gasteiger partial charge in [-0.1, -0.05) is 12.1 Å². The number of urea groups is 1. The number of amides is 3. The second-order valence-electron chi connectivity index (χ2n) is 5.92. The fourth-order valence-electron chi connectivity index (χ4n) is 2.75. The summed E-state index contributed by atoms with van der Waals surface area (Å²) in [5.41, 5.74) is 6.58. The van der Waals surface area contributed by atoms with Crippen molar-refractivity contribution in [2.24, 2.45) is 5.73 Å². The number of carbonyl (C=O) groups excluding carboxylic acids is 2. The highest BCUT2D eigenvalue weighted by molar-refractivity contribution is 7.89. The van der Waals surface area contributed by atoms with Crippen LogP contribution in [0, 0.1) is 0 Å². The molecule has 132 valence electrons. The van der Waals surface area contributed by atoms with Gasteiger partial charge in [0.25, 0.3) is 0 Å². The van der Waals surface area contributed by atoms with E-state index in [9.17, 15) is 18.0 Å². The van der Waals surface area contributed by atoms with Gasteiger partial charge in [-0.3, -0.25) is 4.79 Å². The number of hydrogen-bond donors (Lipinski definition) is 2. The van der Waals surface area contributed by atoms with Gasteiger partial charge in [-0.15, -0.1) is 0 Å². The van der Waals surface area contributed by atoms with Crippen LogP contribution in [0.3, 0.4) is 0 Å². The zero-order valence-corrected chi connectivity index (χ0v) is 14.8. The molecule has 0 fully saturated rings. The molecule has 0 aromatic heterocycles. The Morgan fingerprint density at radius 2 is 2.00 bits per heavy atom. The van der Waals surface area contributed by atoms with Gasteiger partial charge in [-0.2, -0.15) is 0 Å². The number of benzene rings is 1. The molecule has 0 saturated carbocycles. The lowest BCUT2D eigenvalue weighted by Gasteiger charge is -2.32. The van der Waals surface area contributed by atoms with Crippen LogP contribution in [0.15, 0.2) is 23.1 Å². The van der Waals surface area contributed by atoms with Crippen molar-refractivity contribution >= 4 is 22.0 Å². The van der Waals surface area contributed by atoms with Crippen molar-refractivity contribution < 1.29 is 18.0 Å². The molecular formula is C15H22N4O4S. The van der Waals surface area contributed by atoms with Crippen LogP contribution in [0.25, 0.3) is 0 Å². The molecule has 0 saturated heterocycles. The van der Waals surface area contributed by atoms with Gasteiger partial charge in [-0.05, 0) is 30.5 Å². The Morgan fingerprint density at radius 1 is 1.33 bits per heavy atom. The number of nitrogens with two attached hydrogens (primary N) is 1. The van der Waals surface area contributed by atoms with Crippen LogP contribution < -0.4 is 11.1 Å². The number of carbonyl (C=O) groups is 2. The van der Waals surface area contributed by atoms with Crippen molar-refractivity contribution in [1.82, 2.24) is 14.5 Å². The highest BCUT2D eigenvalue weighted by Gasteiger charge is 2.29. The molecule has 0 unspecified atom stereocenters. The van der Waals surface area contributed by atoms with Crippen molar-refractivity contribution in [3.63, 3.8) is 0 Å². The first-order valence-electron chi connectivity index (χ1n) is 7.52. The van der Waals surface area contributed by atoms with Gasteiger partial charge in [0.2, 0.25) is 15.9 Å². The van der Waals surface area contributed by atoms with Crippen molar-refractivity contribution in [1.29, 1.82) is 0 Å². The lowest BCUT2D eigenvalue weighted by molar-refractivity contribution is -0.133. The molecule has 0 bridgehead atoms. The van der Waals surface area contributed by atoms with Gasteiger partial charge in [-0.25, -0.2) is 17.5 Å². The maximum absolute atomic E-state index is 12.4. The Labute approximate surface area is 141 Å². The summed E-state index contributed by atoms with van der Waals surface area (Å²) in [5.74, 6) is -0.250. The maximum atomic E-state index is 12.4. The Kier molecular flexibility index (Phi) is 5.14. The van der Waals surface area contributed by atoms with Gasteiger partial charge >= 0.3 is 6.03 Å². The molecule has 3 amide bonds. The zero-order chi connectivity index (χ0) is 18.1. The van der Waals surface area contributed by atoms with Crippen LogP contribution in [0.5, 0.6) is 0 Å². The molecule has 0 spiro atoms. The molecule has 3 N–H and O–H groups in total. The molecule has 1 atom stereocenters. The van der Waals surface area contributed by atoms with Crippen LogP contribution in [0.1, 0.15) is 18.1 Å². The Morgan fingerprint density at radius 3 is 2.58 bits per heavy atom. The molecule has 1 aliphatic rings. The molecule has 1 heterocycles. The molecule has 0 aliphatic carbocycles. The number of sulfonamides is 1. The molecule has 8 nitrogen and oxygen atoms in total. The minimum atomic E-state index is -3.53. The highest BCUT2D eigenvalue weighted by Crippen LogP contribution is 2.27. The molecule has 2 rings (SSSR count). The number of nitrogens with zero attached hydrogens (tertiary/aromatic N) is 2. The first kappa shape index (κ1) is 18.2. The largest absolute Gasteiger partial charge is 0.352 e. The van der Waals surface area contributed by atoms with Crippen LogP contribution in [-0.4, -0.2) is 56.2 Å². The summed E-state index contributed by atoms with van der Waals surface area (Å²) >= 11 is 0. The standard InChI is InChI=1S/C15H22N4O4S/c1-10(17-15(16)21)14(20)19-8-7-12-11(9-19)5-4-6-13(12)24(22,23)18(2)3/h4-6,10H,7-9H2,1-3H3,(H3,16,17,21)/t10-/m0/s1. The second-order valence-corrected chi connectivity index (χ2v) is 8.04. The van der Waals surface area contributed by atoms with Crippen LogP contribution in [-0.2, 0) is 27.8 Å². The topological polar surface area (TPSA) is 113 Å². The third-order valence-electron chi connectivity index (χ3n) is 4.02. The third-order valence-corrected chi connectivity index (χ3v) is 5.92. The minimum Gasteiger partial charge on any atom is -0.352 e. The van der Waals surface area contributed by atoms with Crippen LogP contribution in [0.2, 0.25) is 0 Å². The number of hydrogen-bond acceptors (Lipinski definition) is 4. The van der Waals surface area contributed by atoms with Crippen LogP contribution >= 0.6 is 0 Å². The highest BCUT2D eigenvalue weighted by atomic mass is 32.2. The normalized spacial score (nSPS) is 15.8. The lowest BCUT2D eigenvalue weighted by Crippen LogP contribution is -2.49. The summed E-state index contributed by atoms with van der Waals surface area (Å²) in [7, 11) is -0.551.